The van der Waals surface area contributed by atoms with E-state index < -0.39 is 0 Å². The number of ketones is 1. The molecule has 1 atom stereocenters. The van der Waals surface area contributed by atoms with Crippen molar-refractivity contribution in [3.63, 3.8) is 0 Å². The zero-order valence-electron chi connectivity index (χ0n) is 10.9. The summed E-state index contributed by atoms with van der Waals surface area (Å²) in [4.78, 5) is 11.8. The Kier molecular flexibility index (Phi) is 5.33. The fourth-order valence-corrected chi connectivity index (χ4v) is 2.03. The topological polar surface area (TPSA) is 46.9 Å². The van der Waals surface area contributed by atoms with Crippen LogP contribution in [0.1, 0.15) is 31.7 Å². The number of nitrogens with zero attached hydrogens (tertiary/aromatic N) is 2. The lowest BCUT2D eigenvalue weighted by atomic mass is 10.2. The van der Waals surface area contributed by atoms with Gasteiger partial charge in [0.25, 0.3) is 0 Å². The number of Topliss-reactive ketones (excluding diaryl/α,β-unsaturated/α-hetero) is 1. The van der Waals surface area contributed by atoms with Crippen LogP contribution in [0.5, 0.6) is 0 Å². The van der Waals surface area contributed by atoms with E-state index in [9.17, 15) is 4.79 Å². The zero-order chi connectivity index (χ0) is 13.0. The molecule has 0 fully saturated rings. The highest BCUT2D eigenvalue weighted by Crippen LogP contribution is 2.20. The molecule has 0 saturated carbocycles. The lowest BCUT2D eigenvalue weighted by molar-refractivity contribution is -0.117. The van der Waals surface area contributed by atoms with Gasteiger partial charge >= 0.3 is 0 Å². The van der Waals surface area contributed by atoms with E-state index in [0.29, 0.717) is 19.0 Å². The maximum absolute atomic E-state index is 11.8. The van der Waals surface area contributed by atoms with Crippen molar-refractivity contribution in [3.8, 4) is 0 Å². The fraction of sp³-hybridized carbons (Fsp3) is 0.667. The summed E-state index contributed by atoms with van der Waals surface area (Å²) in [5.41, 5.74) is 1.86. The van der Waals surface area contributed by atoms with Gasteiger partial charge in [-0.1, -0.05) is 6.92 Å². The minimum atomic E-state index is 0.189. The van der Waals surface area contributed by atoms with Crippen molar-refractivity contribution in [2.45, 2.75) is 39.7 Å². The molecule has 0 spiro atoms. The quantitative estimate of drug-likeness (QED) is 0.874. The predicted molar refractivity (Wildman–Crippen MR) is 72.1 cm³/mol. The first-order valence-electron chi connectivity index (χ1n) is 5.88. The van der Waals surface area contributed by atoms with E-state index in [2.05, 4.69) is 40.2 Å². The number of aromatic nitrogens is 2. The van der Waals surface area contributed by atoms with E-state index in [1.54, 1.807) is 4.68 Å². The molecule has 96 valence electrons. The third-order valence-electron chi connectivity index (χ3n) is 2.89. The number of carbonyl (C=O) groups is 1. The average molecular weight is 302 g/mol. The van der Waals surface area contributed by atoms with Crippen molar-refractivity contribution in [1.82, 2.24) is 15.1 Å². The molecule has 1 rings (SSSR count). The monoisotopic (exact) mass is 301 g/mol. The molecule has 4 nitrogen and oxygen atoms in total. The molecule has 0 amide bonds. The summed E-state index contributed by atoms with van der Waals surface area (Å²) in [6, 6.07) is 0.385. The Morgan fingerprint density at radius 3 is 2.71 bits per heavy atom. The number of hydrogen-bond acceptors (Lipinski definition) is 3. The number of halogens is 1. The van der Waals surface area contributed by atoms with Crippen LogP contribution in [0.2, 0.25) is 0 Å². The summed E-state index contributed by atoms with van der Waals surface area (Å²) in [6.07, 6.45) is 1.45. The van der Waals surface area contributed by atoms with E-state index >= 15 is 0 Å². The number of hydrogen-bond donors (Lipinski definition) is 1. The smallest absolute Gasteiger partial charge is 0.152 e. The fourth-order valence-electron chi connectivity index (χ4n) is 1.55. The van der Waals surface area contributed by atoms with Crippen LogP contribution in [-0.2, 0) is 18.3 Å². The second-order valence-electron chi connectivity index (χ2n) is 4.38. The largest absolute Gasteiger partial charge is 0.307 e. The summed E-state index contributed by atoms with van der Waals surface area (Å²) in [5.74, 6) is 0.189. The van der Waals surface area contributed by atoms with Gasteiger partial charge in [0.15, 0.2) is 5.78 Å². The minimum absolute atomic E-state index is 0.189. The zero-order valence-corrected chi connectivity index (χ0v) is 12.5. The minimum Gasteiger partial charge on any atom is -0.307 e. The number of aryl methyl sites for hydroxylation is 2. The summed E-state index contributed by atoms with van der Waals surface area (Å²) < 4.78 is 2.71. The summed E-state index contributed by atoms with van der Waals surface area (Å²) >= 11 is 3.47. The maximum atomic E-state index is 11.8. The second kappa shape index (κ2) is 6.31. The highest BCUT2D eigenvalue weighted by Gasteiger charge is 2.14. The average Bonchev–Trinajstić information content (AvgIpc) is 2.53. The van der Waals surface area contributed by atoms with Crippen molar-refractivity contribution in [2.75, 3.05) is 6.54 Å². The lowest BCUT2D eigenvalue weighted by Crippen LogP contribution is -2.31. The molecule has 1 aromatic heterocycles. The van der Waals surface area contributed by atoms with E-state index in [0.717, 1.165) is 22.3 Å². The second-order valence-corrected chi connectivity index (χ2v) is 5.17. The summed E-state index contributed by atoms with van der Waals surface area (Å²) in [7, 11) is 1.86. The third kappa shape index (κ3) is 3.92. The van der Waals surface area contributed by atoms with Crippen LogP contribution in [0.25, 0.3) is 0 Å². The van der Waals surface area contributed by atoms with Crippen LogP contribution < -0.4 is 5.32 Å². The molecule has 1 heterocycles. The molecule has 0 aliphatic rings. The Morgan fingerprint density at radius 2 is 2.24 bits per heavy atom. The number of nitrogens with one attached hydrogen (secondary N) is 1. The first kappa shape index (κ1) is 14.4. The molecule has 17 heavy (non-hydrogen) atoms. The highest BCUT2D eigenvalue weighted by atomic mass is 79.9. The molecular formula is C12H20BrN3O. The van der Waals surface area contributed by atoms with Crippen LogP contribution >= 0.6 is 15.9 Å². The molecule has 0 saturated heterocycles. The van der Waals surface area contributed by atoms with Crippen molar-refractivity contribution in [2.24, 2.45) is 7.05 Å². The van der Waals surface area contributed by atoms with E-state index in [1.165, 1.54) is 0 Å². The van der Waals surface area contributed by atoms with E-state index in [-0.39, 0.29) is 5.78 Å². The van der Waals surface area contributed by atoms with E-state index in [4.69, 9.17) is 0 Å². The Hall–Kier alpha value is -0.680. The molecule has 0 aliphatic heterocycles. The Morgan fingerprint density at radius 1 is 1.59 bits per heavy atom. The van der Waals surface area contributed by atoms with Crippen molar-refractivity contribution < 1.29 is 4.79 Å². The third-order valence-corrected chi connectivity index (χ3v) is 3.92. The predicted octanol–water partition coefficient (Wildman–Crippen LogP) is 1.99. The first-order valence-corrected chi connectivity index (χ1v) is 6.68. The number of rotatable bonds is 6. The van der Waals surface area contributed by atoms with Gasteiger partial charge in [0.1, 0.15) is 0 Å². The first-order chi connectivity index (χ1) is 7.95. The van der Waals surface area contributed by atoms with Crippen LogP contribution in [0.15, 0.2) is 4.47 Å². The molecule has 5 heteroatoms. The SMILES string of the molecule is CCC(C)NCC(=O)Cc1c(Br)c(C)nn1C. The standard InChI is InChI=1S/C12H20BrN3O/c1-5-8(2)14-7-10(17)6-11-12(13)9(3)15-16(11)4/h8,14H,5-7H2,1-4H3. The van der Waals surface area contributed by atoms with Gasteiger partial charge in [-0.25, -0.2) is 0 Å². The molecule has 0 bridgehead atoms. The van der Waals surface area contributed by atoms with Crippen LogP contribution in [0, 0.1) is 6.92 Å². The lowest BCUT2D eigenvalue weighted by Gasteiger charge is -2.10. The highest BCUT2D eigenvalue weighted by molar-refractivity contribution is 9.10. The molecular weight excluding hydrogens is 282 g/mol. The van der Waals surface area contributed by atoms with Crippen LogP contribution in [-0.4, -0.2) is 28.2 Å². The van der Waals surface area contributed by atoms with Gasteiger partial charge in [-0.3, -0.25) is 9.48 Å². The normalized spacial score (nSPS) is 12.8. The van der Waals surface area contributed by atoms with Crippen LogP contribution in [0.4, 0.5) is 0 Å². The van der Waals surface area contributed by atoms with Gasteiger partial charge in [-0.15, -0.1) is 0 Å². The Bertz CT molecular complexity index is 401. The molecule has 1 unspecified atom stereocenters. The maximum Gasteiger partial charge on any atom is 0.152 e. The number of carbonyl (C=O) groups excluding carboxylic acids is 1. The van der Waals surface area contributed by atoms with Crippen LogP contribution in [0.3, 0.4) is 0 Å². The molecule has 1 N–H and O–H groups in total. The summed E-state index contributed by atoms with van der Waals surface area (Å²) in [5, 5.41) is 7.48. The van der Waals surface area contributed by atoms with Gasteiger partial charge in [0.05, 0.1) is 28.8 Å². The van der Waals surface area contributed by atoms with Crippen molar-refractivity contribution in [3.05, 3.63) is 15.9 Å². The van der Waals surface area contributed by atoms with Gasteiger partial charge in [0.2, 0.25) is 0 Å². The molecule has 0 aliphatic carbocycles. The summed E-state index contributed by atoms with van der Waals surface area (Å²) in [6.45, 7) is 6.53. The molecule has 1 aromatic rings. The van der Waals surface area contributed by atoms with Crippen molar-refractivity contribution in [1.29, 1.82) is 0 Å². The Labute approximate surface area is 111 Å². The van der Waals surface area contributed by atoms with E-state index in [1.807, 2.05) is 14.0 Å². The van der Waals surface area contributed by atoms with Gasteiger partial charge in [-0.05, 0) is 36.2 Å². The van der Waals surface area contributed by atoms with Crippen molar-refractivity contribution >= 4 is 21.7 Å². The molecule has 0 aromatic carbocycles. The van der Waals surface area contributed by atoms with Gasteiger partial charge < -0.3 is 5.32 Å². The van der Waals surface area contributed by atoms with Gasteiger partial charge in [0, 0.05) is 13.1 Å². The Balaban J connectivity index is 2.56. The van der Waals surface area contributed by atoms with Gasteiger partial charge in [-0.2, -0.15) is 5.10 Å². The molecule has 0 radical (unpaired) electrons.